The Morgan fingerprint density at radius 2 is 2.11 bits per heavy atom. The van der Waals surface area contributed by atoms with Crippen LogP contribution in [0.5, 0.6) is 0 Å². The summed E-state index contributed by atoms with van der Waals surface area (Å²) in [6.07, 6.45) is 0. The number of aliphatic hydroxyl groups excluding tert-OH is 1. The minimum atomic E-state index is 0.0377. The molecular weight excluding hydrogens is 266 g/mol. The van der Waals surface area contributed by atoms with Crippen molar-refractivity contribution in [3.05, 3.63) is 35.2 Å². The summed E-state index contributed by atoms with van der Waals surface area (Å²) < 4.78 is 5.59. The van der Waals surface area contributed by atoms with Crippen LogP contribution in [0, 0.1) is 0 Å². The molecule has 0 aliphatic heterocycles. The summed E-state index contributed by atoms with van der Waals surface area (Å²) in [5.41, 5.74) is 0.723. The second-order valence-corrected chi connectivity index (χ2v) is 4.83. The Morgan fingerprint density at radius 3 is 2.79 bits per heavy atom. The number of halogens is 1. The topological polar surface area (TPSA) is 62.4 Å². The van der Waals surface area contributed by atoms with Gasteiger partial charge in [-0.2, -0.15) is 0 Å². The van der Waals surface area contributed by atoms with Crippen molar-refractivity contribution in [2.45, 2.75) is 19.5 Å². The maximum absolute atomic E-state index is 9.08. The van der Waals surface area contributed by atoms with Gasteiger partial charge >= 0.3 is 0 Å². The van der Waals surface area contributed by atoms with E-state index in [0.717, 1.165) is 5.56 Å². The van der Waals surface area contributed by atoms with Crippen LogP contribution in [0.25, 0.3) is 11.5 Å². The fraction of sp³-hybridized carbons (Fsp3) is 0.385. The summed E-state index contributed by atoms with van der Waals surface area (Å²) in [7, 11) is 1.89. The van der Waals surface area contributed by atoms with Gasteiger partial charge in [0.15, 0.2) is 0 Å². The number of hydrogen-bond donors (Lipinski definition) is 1. The van der Waals surface area contributed by atoms with E-state index in [1.807, 2.05) is 37.1 Å². The highest BCUT2D eigenvalue weighted by atomic mass is 35.5. The SMILES string of the molecule is CC(CO)N(C)Cc1nnc(-c2ccccc2Cl)o1. The Balaban J connectivity index is 2.14. The molecule has 2 aromatic rings. The van der Waals surface area contributed by atoms with E-state index < -0.39 is 0 Å². The molecule has 1 aromatic heterocycles. The smallest absolute Gasteiger partial charge is 0.249 e. The van der Waals surface area contributed by atoms with Crippen molar-refractivity contribution in [3.8, 4) is 11.5 Å². The molecule has 1 atom stereocenters. The average Bonchev–Trinajstić information content (AvgIpc) is 2.86. The molecule has 102 valence electrons. The van der Waals surface area contributed by atoms with Gasteiger partial charge in [-0.1, -0.05) is 23.7 Å². The highest BCUT2D eigenvalue weighted by molar-refractivity contribution is 6.33. The quantitative estimate of drug-likeness (QED) is 0.910. The van der Waals surface area contributed by atoms with Crippen molar-refractivity contribution in [2.24, 2.45) is 0 Å². The summed E-state index contributed by atoms with van der Waals surface area (Å²) in [6.45, 7) is 2.49. The van der Waals surface area contributed by atoms with Crippen LogP contribution in [-0.4, -0.2) is 39.9 Å². The molecule has 2 rings (SSSR count). The first kappa shape index (κ1) is 14.0. The summed E-state index contributed by atoms with van der Waals surface area (Å²) in [5, 5.41) is 17.6. The molecule has 0 amide bonds. The van der Waals surface area contributed by atoms with E-state index in [1.54, 1.807) is 6.07 Å². The molecule has 0 spiro atoms. The number of benzene rings is 1. The third kappa shape index (κ3) is 3.32. The van der Waals surface area contributed by atoms with Gasteiger partial charge in [-0.25, -0.2) is 0 Å². The molecular formula is C13H16ClN3O2. The zero-order valence-corrected chi connectivity index (χ0v) is 11.6. The van der Waals surface area contributed by atoms with E-state index in [9.17, 15) is 0 Å². The van der Waals surface area contributed by atoms with Crippen molar-refractivity contribution in [2.75, 3.05) is 13.7 Å². The second-order valence-electron chi connectivity index (χ2n) is 4.43. The third-order valence-corrected chi connectivity index (χ3v) is 3.30. The average molecular weight is 282 g/mol. The van der Waals surface area contributed by atoms with Gasteiger partial charge in [0.2, 0.25) is 11.8 Å². The standard InChI is InChI=1S/C13H16ClN3O2/c1-9(8-18)17(2)7-12-15-16-13(19-12)10-5-3-4-6-11(10)14/h3-6,9,18H,7-8H2,1-2H3. The predicted octanol–water partition coefficient (Wildman–Crippen LogP) is 2.20. The molecule has 6 heteroatoms. The van der Waals surface area contributed by atoms with E-state index in [2.05, 4.69) is 10.2 Å². The molecule has 0 aliphatic carbocycles. The number of rotatable bonds is 5. The third-order valence-electron chi connectivity index (χ3n) is 2.97. The van der Waals surface area contributed by atoms with Crippen molar-refractivity contribution in [1.82, 2.24) is 15.1 Å². The van der Waals surface area contributed by atoms with Gasteiger partial charge in [-0.15, -0.1) is 10.2 Å². The van der Waals surface area contributed by atoms with Crippen LogP contribution in [0.3, 0.4) is 0 Å². The highest BCUT2D eigenvalue weighted by Crippen LogP contribution is 2.26. The molecule has 0 saturated carbocycles. The summed E-state index contributed by atoms with van der Waals surface area (Å²) in [4.78, 5) is 1.93. The van der Waals surface area contributed by atoms with Crippen LogP contribution in [-0.2, 0) is 6.54 Å². The van der Waals surface area contributed by atoms with Crippen molar-refractivity contribution >= 4 is 11.6 Å². The monoisotopic (exact) mass is 281 g/mol. The molecule has 1 N–H and O–H groups in total. The minimum absolute atomic E-state index is 0.0377. The van der Waals surface area contributed by atoms with Gasteiger partial charge in [0.1, 0.15) is 0 Å². The van der Waals surface area contributed by atoms with Crippen LogP contribution >= 0.6 is 11.6 Å². The van der Waals surface area contributed by atoms with Crippen LogP contribution in [0.2, 0.25) is 5.02 Å². The highest BCUT2D eigenvalue weighted by Gasteiger charge is 2.15. The summed E-state index contributed by atoms with van der Waals surface area (Å²) in [6, 6.07) is 7.36. The molecule has 1 heterocycles. The number of likely N-dealkylation sites (N-methyl/N-ethyl adjacent to an activating group) is 1. The first-order valence-corrected chi connectivity index (χ1v) is 6.38. The molecule has 19 heavy (non-hydrogen) atoms. The molecule has 1 aromatic carbocycles. The first-order chi connectivity index (χ1) is 9.11. The van der Waals surface area contributed by atoms with Gasteiger partial charge < -0.3 is 9.52 Å². The van der Waals surface area contributed by atoms with Crippen LogP contribution in [0.1, 0.15) is 12.8 Å². The van der Waals surface area contributed by atoms with E-state index in [1.165, 1.54) is 0 Å². The fourth-order valence-corrected chi connectivity index (χ4v) is 1.79. The molecule has 0 aliphatic rings. The summed E-state index contributed by atoms with van der Waals surface area (Å²) in [5.74, 6) is 0.906. The maximum Gasteiger partial charge on any atom is 0.249 e. The summed E-state index contributed by atoms with van der Waals surface area (Å²) >= 11 is 6.08. The fourth-order valence-electron chi connectivity index (χ4n) is 1.57. The van der Waals surface area contributed by atoms with E-state index in [-0.39, 0.29) is 12.6 Å². The number of hydrogen-bond acceptors (Lipinski definition) is 5. The number of aliphatic hydroxyl groups is 1. The predicted molar refractivity (Wildman–Crippen MR) is 72.8 cm³/mol. The lowest BCUT2D eigenvalue weighted by molar-refractivity contribution is 0.145. The number of nitrogens with zero attached hydrogens (tertiary/aromatic N) is 3. The molecule has 0 bridgehead atoms. The van der Waals surface area contributed by atoms with Crippen LogP contribution in [0.4, 0.5) is 0 Å². The van der Waals surface area contributed by atoms with Gasteiger partial charge in [-0.05, 0) is 26.1 Å². The van der Waals surface area contributed by atoms with E-state index >= 15 is 0 Å². The van der Waals surface area contributed by atoms with Crippen LogP contribution in [0.15, 0.2) is 28.7 Å². The molecule has 5 nitrogen and oxygen atoms in total. The minimum Gasteiger partial charge on any atom is -0.419 e. The zero-order chi connectivity index (χ0) is 13.8. The Morgan fingerprint density at radius 1 is 1.37 bits per heavy atom. The maximum atomic E-state index is 9.08. The lowest BCUT2D eigenvalue weighted by atomic mass is 10.2. The first-order valence-electron chi connectivity index (χ1n) is 6.00. The largest absolute Gasteiger partial charge is 0.419 e. The van der Waals surface area contributed by atoms with E-state index in [0.29, 0.717) is 23.3 Å². The Bertz CT molecular complexity index is 544. The Kier molecular flexibility index (Phi) is 4.52. The van der Waals surface area contributed by atoms with Gasteiger partial charge in [-0.3, -0.25) is 4.90 Å². The lowest BCUT2D eigenvalue weighted by Crippen LogP contribution is -2.31. The molecule has 0 fully saturated rings. The Labute approximate surface area is 116 Å². The van der Waals surface area contributed by atoms with Crippen molar-refractivity contribution < 1.29 is 9.52 Å². The van der Waals surface area contributed by atoms with Crippen molar-refractivity contribution in [3.63, 3.8) is 0 Å². The number of aromatic nitrogens is 2. The lowest BCUT2D eigenvalue weighted by Gasteiger charge is -2.20. The van der Waals surface area contributed by atoms with Crippen molar-refractivity contribution in [1.29, 1.82) is 0 Å². The molecule has 0 radical (unpaired) electrons. The molecule has 1 unspecified atom stereocenters. The second kappa shape index (κ2) is 6.14. The molecule has 0 saturated heterocycles. The van der Waals surface area contributed by atoms with Gasteiger partial charge in [0.05, 0.1) is 23.7 Å². The zero-order valence-electron chi connectivity index (χ0n) is 10.9. The Hall–Kier alpha value is -1.43. The van der Waals surface area contributed by atoms with E-state index in [4.69, 9.17) is 21.1 Å². The van der Waals surface area contributed by atoms with Gasteiger partial charge in [0, 0.05) is 6.04 Å². The van der Waals surface area contributed by atoms with Crippen LogP contribution < -0.4 is 0 Å². The van der Waals surface area contributed by atoms with Gasteiger partial charge in [0.25, 0.3) is 0 Å². The normalized spacial score (nSPS) is 12.9.